The van der Waals surface area contributed by atoms with E-state index in [0.717, 1.165) is 16.6 Å². The first-order valence-electron chi connectivity index (χ1n) is 4.72. The second kappa shape index (κ2) is 3.70. The monoisotopic (exact) mass is 192 g/mol. The van der Waals surface area contributed by atoms with Gasteiger partial charge in [0.2, 0.25) is 0 Å². The van der Waals surface area contributed by atoms with Crippen LogP contribution in [-0.2, 0) is 6.54 Å². The minimum Gasteiger partial charge on any atom is -0.397 e. The molecule has 74 valence electrons. The van der Waals surface area contributed by atoms with Gasteiger partial charge >= 0.3 is 0 Å². The number of fused-ring (bicyclic) bond motifs is 1. The summed E-state index contributed by atoms with van der Waals surface area (Å²) in [6.45, 7) is 0.403. The van der Waals surface area contributed by atoms with Crippen LogP contribution in [0.25, 0.3) is 10.9 Å². The maximum atomic E-state index is 12.0. The molecule has 1 aromatic carbocycles. The zero-order valence-corrected chi connectivity index (χ0v) is 7.91. The van der Waals surface area contributed by atoms with Crippen LogP contribution in [0.3, 0.4) is 0 Å². The van der Waals surface area contributed by atoms with Crippen LogP contribution in [0.1, 0.15) is 6.42 Å². The highest BCUT2D eigenvalue weighted by Crippen LogP contribution is 2.22. The largest absolute Gasteiger partial charge is 0.397 e. The average molecular weight is 192 g/mol. The Balaban J connectivity index is 2.45. The third kappa shape index (κ3) is 1.45. The van der Waals surface area contributed by atoms with Gasteiger partial charge < -0.3 is 10.3 Å². The summed E-state index contributed by atoms with van der Waals surface area (Å²) >= 11 is 0. The lowest BCUT2D eigenvalue weighted by molar-refractivity contribution is 0.450. The summed E-state index contributed by atoms with van der Waals surface area (Å²) in [5.74, 6) is 0. The van der Waals surface area contributed by atoms with Gasteiger partial charge in [0.05, 0.1) is 17.9 Å². The molecule has 1 aromatic heterocycles. The molecule has 2 nitrogen and oxygen atoms in total. The molecule has 0 atom stereocenters. The van der Waals surface area contributed by atoms with Gasteiger partial charge in [0.15, 0.2) is 0 Å². The van der Waals surface area contributed by atoms with Crippen molar-refractivity contribution in [1.29, 1.82) is 0 Å². The molecule has 3 heteroatoms. The predicted molar refractivity (Wildman–Crippen MR) is 56.9 cm³/mol. The molecule has 0 radical (unpaired) electrons. The van der Waals surface area contributed by atoms with Crippen LogP contribution < -0.4 is 5.73 Å². The number of nitrogen functional groups attached to an aromatic ring is 1. The first-order chi connectivity index (χ1) is 6.83. The molecule has 1 heterocycles. The highest BCUT2D eigenvalue weighted by atomic mass is 19.1. The van der Waals surface area contributed by atoms with Crippen LogP contribution >= 0.6 is 0 Å². The smallest absolute Gasteiger partial charge is 0.0911 e. The molecule has 0 saturated heterocycles. The Morgan fingerprint density at radius 3 is 2.93 bits per heavy atom. The fourth-order valence-corrected chi connectivity index (χ4v) is 1.71. The third-order valence-electron chi connectivity index (χ3n) is 2.35. The zero-order valence-electron chi connectivity index (χ0n) is 7.91. The Kier molecular flexibility index (Phi) is 2.39. The Hall–Kier alpha value is -1.51. The number of hydrogen-bond donors (Lipinski definition) is 1. The first-order valence-corrected chi connectivity index (χ1v) is 4.72. The van der Waals surface area contributed by atoms with Crippen LogP contribution in [0.4, 0.5) is 10.1 Å². The minimum atomic E-state index is -0.285. The number of nitrogens with zero attached hydrogens (tertiary/aromatic N) is 1. The second-order valence-corrected chi connectivity index (χ2v) is 3.34. The van der Waals surface area contributed by atoms with E-state index in [9.17, 15) is 4.39 Å². The number of benzene rings is 1. The van der Waals surface area contributed by atoms with Gasteiger partial charge in [-0.3, -0.25) is 4.39 Å². The molecule has 0 aliphatic carbocycles. The van der Waals surface area contributed by atoms with Gasteiger partial charge in [-0.25, -0.2) is 0 Å². The molecule has 14 heavy (non-hydrogen) atoms. The van der Waals surface area contributed by atoms with E-state index < -0.39 is 0 Å². The van der Waals surface area contributed by atoms with E-state index in [-0.39, 0.29) is 6.67 Å². The Morgan fingerprint density at radius 2 is 2.14 bits per heavy atom. The maximum absolute atomic E-state index is 12.0. The van der Waals surface area contributed by atoms with Crippen molar-refractivity contribution in [2.24, 2.45) is 0 Å². The van der Waals surface area contributed by atoms with E-state index in [0.29, 0.717) is 13.0 Å². The Bertz CT molecular complexity index is 434. The lowest BCUT2D eigenvalue weighted by Crippen LogP contribution is -1.99. The number of aryl methyl sites for hydroxylation is 1. The standard InChI is InChI=1S/C11H13FN2/c12-6-2-7-14-8-5-9-3-1-4-10(13)11(9)14/h1,3-5,8H,2,6-7,13H2. The minimum absolute atomic E-state index is 0.285. The van der Waals surface area contributed by atoms with Gasteiger partial charge in [0.1, 0.15) is 0 Å². The number of halogens is 1. The number of aromatic nitrogens is 1. The van der Waals surface area contributed by atoms with Gasteiger partial charge in [-0.1, -0.05) is 12.1 Å². The Morgan fingerprint density at radius 1 is 1.29 bits per heavy atom. The summed E-state index contributed by atoms with van der Waals surface area (Å²) in [4.78, 5) is 0. The van der Waals surface area contributed by atoms with Crippen molar-refractivity contribution in [3.8, 4) is 0 Å². The fraction of sp³-hybridized carbons (Fsp3) is 0.273. The summed E-state index contributed by atoms with van der Waals surface area (Å²) in [5.41, 5.74) is 7.63. The molecule has 0 fully saturated rings. The zero-order chi connectivity index (χ0) is 9.97. The van der Waals surface area contributed by atoms with E-state index in [4.69, 9.17) is 5.73 Å². The fourth-order valence-electron chi connectivity index (χ4n) is 1.71. The summed E-state index contributed by atoms with van der Waals surface area (Å²) in [6.07, 6.45) is 2.49. The van der Waals surface area contributed by atoms with Crippen molar-refractivity contribution in [3.63, 3.8) is 0 Å². The van der Waals surface area contributed by atoms with E-state index >= 15 is 0 Å². The topological polar surface area (TPSA) is 30.9 Å². The number of rotatable bonds is 3. The molecule has 0 aliphatic rings. The molecule has 2 aromatic rings. The summed E-state index contributed by atoms with van der Waals surface area (Å²) in [5, 5.41) is 1.11. The second-order valence-electron chi connectivity index (χ2n) is 3.34. The lowest BCUT2D eigenvalue weighted by atomic mass is 10.2. The predicted octanol–water partition coefficient (Wildman–Crippen LogP) is 2.58. The SMILES string of the molecule is Nc1cccc2ccn(CCCF)c12. The first kappa shape index (κ1) is 9.06. The van der Waals surface area contributed by atoms with Crippen molar-refractivity contribution in [2.75, 3.05) is 12.4 Å². The molecule has 0 aliphatic heterocycles. The summed E-state index contributed by atoms with van der Waals surface area (Å²) < 4.78 is 14.0. The van der Waals surface area contributed by atoms with Gasteiger partial charge in [0.25, 0.3) is 0 Å². The van der Waals surface area contributed by atoms with Crippen molar-refractivity contribution >= 4 is 16.6 Å². The van der Waals surface area contributed by atoms with Crippen LogP contribution in [0.15, 0.2) is 30.5 Å². The summed E-state index contributed by atoms with van der Waals surface area (Å²) in [7, 11) is 0. The van der Waals surface area contributed by atoms with Crippen LogP contribution in [0, 0.1) is 0 Å². The molecule has 2 rings (SSSR count). The van der Waals surface area contributed by atoms with E-state index in [1.807, 2.05) is 35.0 Å². The lowest BCUT2D eigenvalue weighted by Gasteiger charge is -2.05. The van der Waals surface area contributed by atoms with Crippen molar-refractivity contribution in [3.05, 3.63) is 30.5 Å². The number of alkyl halides is 1. The third-order valence-corrected chi connectivity index (χ3v) is 2.35. The average Bonchev–Trinajstić information content (AvgIpc) is 2.59. The molecule has 0 bridgehead atoms. The number of hydrogen-bond acceptors (Lipinski definition) is 1. The van der Waals surface area contributed by atoms with Crippen LogP contribution in [-0.4, -0.2) is 11.2 Å². The molecular weight excluding hydrogens is 179 g/mol. The van der Waals surface area contributed by atoms with E-state index in [2.05, 4.69) is 0 Å². The summed E-state index contributed by atoms with van der Waals surface area (Å²) in [6, 6.07) is 7.81. The maximum Gasteiger partial charge on any atom is 0.0911 e. The molecule has 0 unspecified atom stereocenters. The quantitative estimate of drug-likeness (QED) is 0.744. The molecular formula is C11H13FN2. The van der Waals surface area contributed by atoms with Gasteiger partial charge in [-0.05, 0) is 18.6 Å². The van der Waals surface area contributed by atoms with Crippen molar-refractivity contribution < 1.29 is 4.39 Å². The highest BCUT2D eigenvalue weighted by Gasteiger charge is 2.03. The van der Waals surface area contributed by atoms with E-state index in [1.54, 1.807) is 0 Å². The Labute approximate surface area is 82.1 Å². The molecule has 0 amide bonds. The molecule has 0 spiro atoms. The van der Waals surface area contributed by atoms with E-state index in [1.165, 1.54) is 0 Å². The molecule has 2 N–H and O–H groups in total. The van der Waals surface area contributed by atoms with Crippen molar-refractivity contribution in [1.82, 2.24) is 4.57 Å². The van der Waals surface area contributed by atoms with Gasteiger partial charge in [0, 0.05) is 18.1 Å². The van der Waals surface area contributed by atoms with Gasteiger partial charge in [-0.15, -0.1) is 0 Å². The van der Waals surface area contributed by atoms with Crippen LogP contribution in [0.5, 0.6) is 0 Å². The number of anilines is 1. The number of para-hydroxylation sites is 1. The molecule has 0 saturated carbocycles. The number of nitrogens with two attached hydrogens (primary N) is 1. The highest BCUT2D eigenvalue weighted by molar-refractivity contribution is 5.90. The van der Waals surface area contributed by atoms with Gasteiger partial charge in [-0.2, -0.15) is 0 Å². The van der Waals surface area contributed by atoms with Crippen LogP contribution in [0.2, 0.25) is 0 Å². The normalized spacial score (nSPS) is 10.9. The van der Waals surface area contributed by atoms with Crippen molar-refractivity contribution in [2.45, 2.75) is 13.0 Å².